The van der Waals surface area contributed by atoms with Gasteiger partial charge in [0.05, 0.1) is 6.61 Å². The zero-order chi connectivity index (χ0) is 13.7. The van der Waals surface area contributed by atoms with Crippen molar-refractivity contribution in [2.45, 2.75) is 33.1 Å². The third kappa shape index (κ3) is 3.13. The van der Waals surface area contributed by atoms with Crippen molar-refractivity contribution in [1.29, 1.82) is 0 Å². The fraction of sp³-hybridized carbons (Fsp3) is 0.600. The molecule has 0 aliphatic carbocycles. The number of hydrogen-bond acceptors (Lipinski definition) is 4. The maximum absolute atomic E-state index is 5.89. The summed E-state index contributed by atoms with van der Waals surface area (Å²) in [5.74, 6) is 2.36. The van der Waals surface area contributed by atoms with Crippen LogP contribution in [-0.4, -0.2) is 19.9 Å². The van der Waals surface area contributed by atoms with Crippen molar-refractivity contribution >= 4 is 0 Å². The van der Waals surface area contributed by atoms with Crippen LogP contribution in [0, 0.1) is 5.41 Å². The smallest absolute Gasteiger partial charge is 0.231 e. The van der Waals surface area contributed by atoms with Gasteiger partial charge in [-0.1, -0.05) is 13.8 Å². The lowest BCUT2D eigenvalue weighted by Crippen LogP contribution is -2.31. The van der Waals surface area contributed by atoms with Crippen LogP contribution < -0.4 is 19.9 Å². The minimum Gasteiger partial charge on any atom is -0.493 e. The molecular formula is C15H23NO3. The SMILES string of the molecule is CCC(CC)(CN)CCOc1ccc2c(c1)OCO2. The number of benzene rings is 1. The Morgan fingerprint density at radius 3 is 2.63 bits per heavy atom. The maximum Gasteiger partial charge on any atom is 0.231 e. The second-order valence-corrected chi connectivity index (χ2v) is 5.02. The van der Waals surface area contributed by atoms with Crippen LogP contribution in [0.5, 0.6) is 17.2 Å². The first-order valence-corrected chi connectivity index (χ1v) is 6.95. The predicted molar refractivity (Wildman–Crippen MR) is 74.7 cm³/mol. The van der Waals surface area contributed by atoms with E-state index in [9.17, 15) is 0 Å². The van der Waals surface area contributed by atoms with Crippen molar-refractivity contribution in [2.75, 3.05) is 19.9 Å². The van der Waals surface area contributed by atoms with Crippen molar-refractivity contribution in [3.63, 3.8) is 0 Å². The molecule has 0 unspecified atom stereocenters. The van der Waals surface area contributed by atoms with E-state index in [0.29, 0.717) is 19.9 Å². The summed E-state index contributed by atoms with van der Waals surface area (Å²) in [6.45, 7) is 6.07. The lowest BCUT2D eigenvalue weighted by molar-refractivity contribution is 0.173. The summed E-state index contributed by atoms with van der Waals surface area (Å²) in [5, 5.41) is 0. The van der Waals surface area contributed by atoms with Gasteiger partial charge in [0.25, 0.3) is 0 Å². The van der Waals surface area contributed by atoms with E-state index in [2.05, 4.69) is 13.8 Å². The van der Waals surface area contributed by atoms with Crippen LogP contribution in [0.1, 0.15) is 33.1 Å². The molecule has 0 fully saturated rings. The molecule has 1 aromatic carbocycles. The first-order valence-electron chi connectivity index (χ1n) is 6.95. The van der Waals surface area contributed by atoms with Crippen LogP contribution >= 0.6 is 0 Å². The highest BCUT2D eigenvalue weighted by atomic mass is 16.7. The van der Waals surface area contributed by atoms with Crippen molar-refractivity contribution in [1.82, 2.24) is 0 Å². The van der Waals surface area contributed by atoms with Crippen molar-refractivity contribution < 1.29 is 14.2 Å². The largest absolute Gasteiger partial charge is 0.493 e. The van der Waals surface area contributed by atoms with Gasteiger partial charge < -0.3 is 19.9 Å². The van der Waals surface area contributed by atoms with Gasteiger partial charge in [0.1, 0.15) is 5.75 Å². The Labute approximate surface area is 114 Å². The Bertz CT molecular complexity index is 408. The Morgan fingerprint density at radius 2 is 1.95 bits per heavy atom. The Kier molecular flexibility index (Phi) is 4.53. The zero-order valence-electron chi connectivity index (χ0n) is 11.8. The standard InChI is InChI=1S/C15H23NO3/c1-3-15(4-2,10-16)7-8-17-12-5-6-13-14(9-12)19-11-18-13/h5-6,9H,3-4,7-8,10-11,16H2,1-2H3. The van der Waals surface area contributed by atoms with Gasteiger partial charge in [0.15, 0.2) is 11.5 Å². The molecule has 1 aliphatic heterocycles. The van der Waals surface area contributed by atoms with E-state index >= 15 is 0 Å². The number of fused-ring (bicyclic) bond motifs is 1. The van der Waals surface area contributed by atoms with Crippen LogP contribution in [0.3, 0.4) is 0 Å². The number of nitrogens with two attached hydrogens (primary N) is 1. The van der Waals surface area contributed by atoms with E-state index in [-0.39, 0.29) is 5.41 Å². The molecule has 1 aliphatic rings. The summed E-state index contributed by atoms with van der Waals surface area (Å²) in [7, 11) is 0. The van der Waals surface area contributed by atoms with Gasteiger partial charge in [-0.3, -0.25) is 0 Å². The number of ether oxygens (including phenoxy) is 3. The third-order valence-corrected chi connectivity index (χ3v) is 4.18. The van der Waals surface area contributed by atoms with E-state index < -0.39 is 0 Å². The summed E-state index contributed by atoms with van der Waals surface area (Å²) in [4.78, 5) is 0. The highest BCUT2D eigenvalue weighted by Gasteiger charge is 2.24. The highest BCUT2D eigenvalue weighted by molar-refractivity contribution is 5.46. The second kappa shape index (κ2) is 6.15. The molecule has 106 valence electrons. The molecule has 0 amide bonds. The predicted octanol–water partition coefficient (Wildman–Crippen LogP) is 2.95. The molecule has 4 heteroatoms. The summed E-state index contributed by atoms with van der Waals surface area (Å²) in [5.41, 5.74) is 6.09. The first-order chi connectivity index (χ1) is 9.23. The second-order valence-electron chi connectivity index (χ2n) is 5.02. The molecular weight excluding hydrogens is 242 g/mol. The minimum absolute atomic E-state index is 0.205. The van der Waals surface area contributed by atoms with Crippen LogP contribution in [0.15, 0.2) is 18.2 Å². The van der Waals surface area contributed by atoms with Gasteiger partial charge >= 0.3 is 0 Å². The van der Waals surface area contributed by atoms with Crippen molar-refractivity contribution in [2.24, 2.45) is 11.1 Å². The first kappa shape index (κ1) is 14.0. The summed E-state index contributed by atoms with van der Waals surface area (Å²) in [6, 6.07) is 5.67. The fourth-order valence-electron chi connectivity index (χ4n) is 2.35. The van der Waals surface area contributed by atoms with Crippen LogP contribution in [0.4, 0.5) is 0 Å². The third-order valence-electron chi connectivity index (χ3n) is 4.18. The van der Waals surface area contributed by atoms with Gasteiger partial charge in [0, 0.05) is 6.07 Å². The lowest BCUT2D eigenvalue weighted by Gasteiger charge is -2.29. The Hall–Kier alpha value is -1.42. The topological polar surface area (TPSA) is 53.7 Å². The quantitative estimate of drug-likeness (QED) is 0.823. The molecule has 2 N–H and O–H groups in total. The summed E-state index contributed by atoms with van der Waals surface area (Å²) < 4.78 is 16.4. The molecule has 1 aromatic rings. The molecule has 0 saturated carbocycles. The highest BCUT2D eigenvalue weighted by Crippen LogP contribution is 2.35. The van der Waals surface area contributed by atoms with Crippen LogP contribution in [-0.2, 0) is 0 Å². The van der Waals surface area contributed by atoms with Crippen molar-refractivity contribution in [3.8, 4) is 17.2 Å². The van der Waals surface area contributed by atoms with Gasteiger partial charge in [0.2, 0.25) is 6.79 Å². The van der Waals surface area contributed by atoms with E-state index in [1.165, 1.54) is 0 Å². The van der Waals surface area contributed by atoms with E-state index in [1.807, 2.05) is 18.2 Å². The molecule has 0 bridgehead atoms. The van der Waals surface area contributed by atoms with Crippen molar-refractivity contribution in [3.05, 3.63) is 18.2 Å². The maximum atomic E-state index is 5.89. The average Bonchev–Trinajstić information content (AvgIpc) is 2.92. The average molecular weight is 265 g/mol. The molecule has 4 nitrogen and oxygen atoms in total. The molecule has 0 radical (unpaired) electrons. The van der Waals surface area contributed by atoms with Gasteiger partial charge in [-0.15, -0.1) is 0 Å². The Balaban J connectivity index is 1.89. The van der Waals surface area contributed by atoms with E-state index in [4.69, 9.17) is 19.9 Å². The molecule has 0 saturated heterocycles. The van der Waals surface area contributed by atoms with Gasteiger partial charge in [-0.25, -0.2) is 0 Å². The fourth-order valence-corrected chi connectivity index (χ4v) is 2.35. The lowest BCUT2D eigenvalue weighted by atomic mass is 9.80. The normalized spacial score (nSPS) is 13.6. The molecule has 19 heavy (non-hydrogen) atoms. The minimum atomic E-state index is 0.205. The summed E-state index contributed by atoms with van der Waals surface area (Å²) in [6.07, 6.45) is 3.15. The van der Waals surface area contributed by atoms with Crippen LogP contribution in [0.2, 0.25) is 0 Å². The monoisotopic (exact) mass is 265 g/mol. The number of hydrogen-bond donors (Lipinski definition) is 1. The number of rotatable bonds is 7. The molecule has 2 rings (SSSR count). The van der Waals surface area contributed by atoms with Gasteiger partial charge in [-0.05, 0) is 43.4 Å². The molecule has 0 spiro atoms. The van der Waals surface area contributed by atoms with E-state index in [1.54, 1.807) is 0 Å². The van der Waals surface area contributed by atoms with Crippen LogP contribution in [0.25, 0.3) is 0 Å². The van der Waals surface area contributed by atoms with E-state index in [0.717, 1.165) is 36.5 Å². The summed E-state index contributed by atoms with van der Waals surface area (Å²) >= 11 is 0. The molecule has 0 aromatic heterocycles. The van der Waals surface area contributed by atoms with Gasteiger partial charge in [-0.2, -0.15) is 0 Å². The zero-order valence-corrected chi connectivity index (χ0v) is 11.8. The Morgan fingerprint density at radius 1 is 1.21 bits per heavy atom. The molecule has 0 atom stereocenters. The molecule has 1 heterocycles.